The van der Waals surface area contributed by atoms with Crippen molar-refractivity contribution in [2.45, 2.75) is 11.3 Å². The minimum Gasteiger partial charge on any atom is -0.423 e. The van der Waals surface area contributed by atoms with E-state index in [9.17, 15) is 4.79 Å². The fourth-order valence-electron chi connectivity index (χ4n) is 2.45. The van der Waals surface area contributed by atoms with E-state index < -0.39 is 0 Å². The van der Waals surface area contributed by atoms with Gasteiger partial charge in [-0.1, -0.05) is 36.4 Å². The van der Waals surface area contributed by atoms with Crippen LogP contribution in [-0.4, -0.2) is 22.0 Å². The predicted octanol–water partition coefficient (Wildman–Crippen LogP) is 3.95. The van der Waals surface area contributed by atoms with Crippen LogP contribution in [0.5, 0.6) is 5.75 Å². The van der Waals surface area contributed by atoms with Gasteiger partial charge in [0.1, 0.15) is 11.3 Å². The van der Waals surface area contributed by atoms with Crippen molar-refractivity contribution in [1.29, 1.82) is 0 Å². The van der Waals surface area contributed by atoms with Gasteiger partial charge in [0.25, 0.3) is 0 Å². The van der Waals surface area contributed by atoms with E-state index in [0.717, 1.165) is 16.2 Å². The molecule has 0 amide bonds. The summed E-state index contributed by atoms with van der Waals surface area (Å²) < 4.78 is 7.18. The average Bonchev–Trinajstić information content (AvgIpc) is 2.96. The number of benzene rings is 2. The molecule has 0 radical (unpaired) electrons. The van der Waals surface area contributed by atoms with Crippen LogP contribution in [-0.2, 0) is 13.5 Å². The van der Waals surface area contributed by atoms with Crippen LogP contribution in [0.2, 0.25) is 0 Å². The van der Waals surface area contributed by atoms with Crippen molar-refractivity contribution in [3.05, 3.63) is 77.6 Å². The van der Waals surface area contributed by atoms with E-state index in [0.29, 0.717) is 17.7 Å². The van der Waals surface area contributed by atoms with E-state index in [4.69, 9.17) is 4.74 Å². The standard InChI is InChI=1S/C19H18N2O2S/c1-21-13-17(18(20-21)11-14-7-4-3-5-8-14)19(22)23-15-9-6-10-16(12-15)24-2/h3-10,12-13H,11H2,1-2H3. The van der Waals surface area contributed by atoms with Crippen LogP contribution in [0.3, 0.4) is 0 Å². The molecule has 0 unspecified atom stereocenters. The van der Waals surface area contributed by atoms with E-state index >= 15 is 0 Å². The van der Waals surface area contributed by atoms with Gasteiger partial charge in [0, 0.05) is 24.6 Å². The Labute approximate surface area is 145 Å². The quantitative estimate of drug-likeness (QED) is 0.401. The lowest BCUT2D eigenvalue weighted by molar-refractivity contribution is 0.0733. The number of hydrogen-bond donors (Lipinski definition) is 0. The number of aromatic nitrogens is 2. The Bertz CT molecular complexity index is 844. The van der Waals surface area contributed by atoms with Crippen molar-refractivity contribution in [3.63, 3.8) is 0 Å². The Kier molecular flexibility index (Phi) is 5.01. The van der Waals surface area contributed by atoms with Gasteiger partial charge in [-0.2, -0.15) is 5.10 Å². The fraction of sp³-hybridized carbons (Fsp3) is 0.158. The monoisotopic (exact) mass is 338 g/mol. The van der Waals surface area contributed by atoms with Crippen LogP contribution in [0, 0.1) is 0 Å². The molecule has 4 nitrogen and oxygen atoms in total. The molecule has 3 rings (SSSR count). The second-order valence-electron chi connectivity index (χ2n) is 5.39. The predicted molar refractivity (Wildman–Crippen MR) is 95.6 cm³/mol. The second kappa shape index (κ2) is 7.36. The lowest BCUT2D eigenvalue weighted by Gasteiger charge is -2.06. The maximum atomic E-state index is 12.6. The Morgan fingerprint density at radius 2 is 1.96 bits per heavy atom. The number of thioether (sulfide) groups is 1. The Morgan fingerprint density at radius 3 is 2.71 bits per heavy atom. The molecule has 0 aliphatic carbocycles. The highest BCUT2D eigenvalue weighted by molar-refractivity contribution is 7.98. The van der Waals surface area contributed by atoms with Crippen LogP contribution in [0.25, 0.3) is 0 Å². The summed E-state index contributed by atoms with van der Waals surface area (Å²) in [5.41, 5.74) is 2.32. The van der Waals surface area contributed by atoms with E-state index in [1.54, 1.807) is 35.8 Å². The molecular formula is C19H18N2O2S. The lowest BCUT2D eigenvalue weighted by Crippen LogP contribution is -2.10. The van der Waals surface area contributed by atoms with Crippen LogP contribution in [0.4, 0.5) is 0 Å². The number of nitrogens with zero attached hydrogens (tertiary/aromatic N) is 2. The zero-order valence-electron chi connectivity index (χ0n) is 13.6. The molecule has 0 spiro atoms. The van der Waals surface area contributed by atoms with Crippen molar-refractivity contribution < 1.29 is 9.53 Å². The van der Waals surface area contributed by atoms with Crippen LogP contribution in [0.15, 0.2) is 65.7 Å². The smallest absolute Gasteiger partial charge is 0.347 e. The molecule has 0 bridgehead atoms. The van der Waals surface area contributed by atoms with E-state index in [2.05, 4.69) is 5.10 Å². The van der Waals surface area contributed by atoms with Crippen molar-refractivity contribution in [1.82, 2.24) is 9.78 Å². The molecule has 0 saturated heterocycles. The molecule has 122 valence electrons. The number of aryl methyl sites for hydroxylation is 1. The average molecular weight is 338 g/mol. The van der Waals surface area contributed by atoms with E-state index in [1.807, 2.05) is 54.8 Å². The molecule has 1 heterocycles. The highest BCUT2D eigenvalue weighted by atomic mass is 32.2. The minimum absolute atomic E-state index is 0.382. The Hall–Kier alpha value is -2.53. The highest BCUT2D eigenvalue weighted by Gasteiger charge is 2.18. The number of carbonyl (C=O) groups is 1. The van der Waals surface area contributed by atoms with Crippen molar-refractivity contribution in [2.75, 3.05) is 6.26 Å². The number of carbonyl (C=O) groups excluding carboxylic acids is 1. The van der Waals surface area contributed by atoms with Crippen LogP contribution in [0.1, 0.15) is 21.6 Å². The molecule has 0 fully saturated rings. The molecule has 3 aromatic rings. The number of rotatable bonds is 5. The Morgan fingerprint density at radius 1 is 1.17 bits per heavy atom. The zero-order chi connectivity index (χ0) is 16.9. The number of esters is 1. The maximum absolute atomic E-state index is 12.6. The molecular weight excluding hydrogens is 320 g/mol. The topological polar surface area (TPSA) is 44.1 Å². The molecule has 0 aliphatic rings. The first-order chi connectivity index (χ1) is 11.7. The Balaban J connectivity index is 1.82. The molecule has 0 aliphatic heterocycles. The molecule has 1 aromatic heterocycles. The van der Waals surface area contributed by atoms with Crippen LogP contribution < -0.4 is 4.74 Å². The van der Waals surface area contributed by atoms with Gasteiger partial charge in [0.15, 0.2) is 0 Å². The van der Waals surface area contributed by atoms with Gasteiger partial charge in [-0.15, -0.1) is 11.8 Å². The van der Waals surface area contributed by atoms with Gasteiger partial charge in [-0.25, -0.2) is 4.79 Å². The summed E-state index contributed by atoms with van der Waals surface area (Å²) >= 11 is 1.61. The van der Waals surface area contributed by atoms with Crippen molar-refractivity contribution >= 4 is 17.7 Å². The maximum Gasteiger partial charge on any atom is 0.347 e. The summed E-state index contributed by atoms with van der Waals surface area (Å²) in [5.74, 6) is 0.161. The molecule has 2 aromatic carbocycles. The molecule has 5 heteroatoms. The van der Waals surface area contributed by atoms with E-state index in [-0.39, 0.29) is 5.97 Å². The largest absolute Gasteiger partial charge is 0.423 e. The molecule has 0 saturated carbocycles. The van der Waals surface area contributed by atoms with Crippen molar-refractivity contribution in [3.8, 4) is 5.75 Å². The lowest BCUT2D eigenvalue weighted by atomic mass is 10.1. The SMILES string of the molecule is CSc1cccc(OC(=O)c2cn(C)nc2Cc2ccccc2)c1. The fourth-order valence-corrected chi connectivity index (χ4v) is 2.90. The molecule has 0 N–H and O–H groups in total. The van der Waals surface area contributed by atoms with Gasteiger partial charge in [-0.3, -0.25) is 4.68 Å². The number of ether oxygens (including phenoxy) is 1. The second-order valence-corrected chi connectivity index (χ2v) is 6.27. The summed E-state index contributed by atoms with van der Waals surface area (Å²) in [5, 5.41) is 4.41. The summed E-state index contributed by atoms with van der Waals surface area (Å²) in [6.45, 7) is 0. The van der Waals surface area contributed by atoms with Gasteiger partial charge >= 0.3 is 5.97 Å². The first-order valence-corrected chi connectivity index (χ1v) is 8.81. The van der Waals surface area contributed by atoms with Crippen LogP contribution >= 0.6 is 11.8 Å². The normalized spacial score (nSPS) is 10.6. The summed E-state index contributed by atoms with van der Waals surface area (Å²) in [6, 6.07) is 17.5. The molecule has 24 heavy (non-hydrogen) atoms. The highest BCUT2D eigenvalue weighted by Crippen LogP contribution is 2.22. The zero-order valence-corrected chi connectivity index (χ0v) is 14.4. The van der Waals surface area contributed by atoms with Gasteiger partial charge in [-0.05, 0) is 30.0 Å². The van der Waals surface area contributed by atoms with Crippen molar-refractivity contribution in [2.24, 2.45) is 7.05 Å². The molecule has 0 atom stereocenters. The third-order valence-electron chi connectivity index (χ3n) is 3.59. The first kappa shape index (κ1) is 16.3. The summed E-state index contributed by atoms with van der Waals surface area (Å²) in [4.78, 5) is 13.6. The summed E-state index contributed by atoms with van der Waals surface area (Å²) in [7, 11) is 1.81. The van der Waals surface area contributed by atoms with Gasteiger partial charge in [0.05, 0.1) is 5.69 Å². The first-order valence-electron chi connectivity index (χ1n) is 7.58. The third-order valence-corrected chi connectivity index (χ3v) is 4.32. The van der Waals surface area contributed by atoms with Gasteiger partial charge in [0.2, 0.25) is 0 Å². The van der Waals surface area contributed by atoms with Gasteiger partial charge < -0.3 is 4.74 Å². The number of hydrogen-bond acceptors (Lipinski definition) is 4. The van der Waals surface area contributed by atoms with E-state index in [1.165, 1.54) is 0 Å². The summed E-state index contributed by atoms with van der Waals surface area (Å²) in [6.07, 6.45) is 4.29. The minimum atomic E-state index is -0.382. The third kappa shape index (κ3) is 3.86.